The minimum absolute atomic E-state index is 0.110. The van der Waals surface area contributed by atoms with E-state index in [0.717, 1.165) is 6.42 Å². The number of anilines is 1. The highest BCUT2D eigenvalue weighted by molar-refractivity contribution is 6.34. The first-order valence-corrected chi connectivity index (χ1v) is 7.42. The monoisotopic (exact) mass is 360 g/mol. The van der Waals surface area contributed by atoms with Crippen molar-refractivity contribution >= 4 is 46.5 Å². The summed E-state index contributed by atoms with van der Waals surface area (Å²) in [7, 11) is 0. The van der Waals surface area contributed by atoms with Crippen LogP contribution in [-0.4, -0.2) is 27.5 Å². The molecule has 0 unspecified atom stereocenters. The van der Waals surface area contributed by atoms with Gasteiger partial charge in [-0.2, -0.15) is 4.98 Å². The van der Waals surface area contributed by atoms with Crippen LogP contribution in [0.5, 0.6) is 6.01 Å². The van der Waals surface area contributed by atoms with E-state index in [1.165, 1.54) is 18.3 Å². The predicted octanol–water partition coefficient (Wildman–Crippen LogP) is 3.87. The molecule has 9 heteroatoms. The summed E-state index contributed by atoms with van der Waals surface area (Å²) in [5.74, 6) is -0.343. The lowest BCUT2D eigenvalue weighted by Gasteiger charge is -2.08. The van der Waals surface area contributed by atoms with E-state index in [2.05, 4.69) is 20.3 Å². The van der Waals surface area contributed by atoms with Gasteiger partial charge in [-0.3, -0.25) is 4.79 Å². The Labute approximate surface area is 141 Å². The third-order valence-corrected chi connectivity index (χ3v) is 3.08. The average molecular weight is 362 g/mol. The zero-order valence-electron chi connectivity index (χ0n) is 11.4. The summed E-state index contributed by atoms with van der Waals surface area (Å²) in [4.78, 5) is 23.9. The van der Waals surface area contributed by atoms with E-state index in [0.29, 0.717) is 6.61 Å². The molecule has 0 atom stereocenters. The lowest BCUT2D eigenvalue weighted by atomic mass is 10.2. The highest BCUT2D eigenvalue weighted by Crippen LogP contribution is 2.22. The second kappa shape index (κ2) is 7.58. The van der Waals surface area contributed by atoms with Crippen molar-refractivity contribution in [2.45, 2.75) is 13.3 Å². The number of nitrogens with zero attached hydrogens (tertiary/aromatic N) is 3. The number of rotatable bonds is 5. The molecule has 0 aliphatic carbocycles. The predicted molar refractivity (Wildman–Crippen MR) is 85.0 cm³/mol. The van der Waals surface area contributed by atoms with Crippen LogP contribution in [0.3, 0.4) is 0 Å². The van der Waals surface area contributed by atoms with Crippen LogP contribution in [0, 0.1) is 0 Å². The summed E-state index contributed by atoms with van der Waals surface area (Å²) in [5.41, 5.74) is 0.232. The topological polar surface area (TPSA) is 77.0 Å². The van der Waals surface area contributed by atoms with E-state index in [9.17, 15) is 4.79 Å². The molecule has 0 bridgehead atoms. The molecular formula is C13H11Cl3N4O2. The fraction of sp³-hybridized carbons (Fsp3) is 0.231. The van der Waals surface area contributed by atoms with Crippen molar-refractivity contribution in [1.29, 1.82) is 0 Å². The number of carbonyl (C=O) groups is 1. The van der Waals surface area contributed by atoms with Crippen LogP contribution < -0.4 is 10.1 Å². The van der Waals surface area contributed by atoms with Gasteiger partial charge in [0.1, 0.15) is 15.3 Å². The third-order valence-electron chi connectivity index (χ3n) is 2.41. The number of ether oxygens (including phenoxy) is 1. The first-order chi connectivity index (χ1) is 10.5. The molecule has 2 aromatic rings. The van der Waals surface area contributed by atoms with Crippen molar-refractivity contribution in [3.05, 3.63) is 39.2 Å². The Hall–Kier alpha value is -1.63. The number of carbonyl (C=O) groups excluding carboxylic acids is 1. The summed E-state index contributed by atoms with van der Waals surface area (Å²) in [6.45, 7) is 2.42. The molecule has 6 nitrogen and oxygen atoms in total. The second-order valence-corrected chi connectivity index (χ2v) is 5.33. The quantitative estimate of drug-likeness (QED) is 0.818. The maximum absolute atomic E-state index is 12.2. The minimum Gasteiger partial charge on any atom is -0.463 e. The molecule has 0 spiro atoms. The normalized spacial score (nSPS) is 10.4. The van der Waals surface area contributed by atoms with Crippen LogP contribution >= 0.6 is 34.8 Å². The molecule has 1 amide bonds. The fourth-order valence-corrected chi connectivity index (χ4v) is 2.08. The van der Waals surface area contributed by atoms with E-state index in [4.69, 9.17) is 39.5 Å². The smallest absolute Gasteiger partial charge is 0.318 e. The maximum atomic E-state index is 12.2. The molecule has 0 aliphatic heterocycles. The van der Waals surface area contributed by atoms with E-state index >= 15 is 0 Å². The molecule has 2 aromatic heterocycles. The molecule has 1 N–H and O–H groups in total. The largest absolute Gasteiger partial charge is 0.463 e. The number of nitrogens with one attached hydrogen (secondary N) is 1. The van der Waals surface area contributed by atoms with Gasteiger partial charge in [-0.25, -0.2) is 9.97 Å². The van der Waals surface area contributed by atoms with Crippen molar-refractivity contribution in [3.63, 3.8) is 0 Å². The van der Waals surface area contributed by atoms with Gasteiger partial charge >= 0.3 is 6.01 Å². The Morgan fingerprint density at radius 1 is 1.23 bits per heavy atom. The lowest BCUT2D eigenvalue weighted by Crippen LogP contribution is -2.14. The highest BCUT2D eigenvalue weighted by Gasteiger charge is 2.13. The third kappa shape index (κ3) is 4.43. The molecule has 0 saturated carbocycles. The molecule has 0 fully saturated rings. The fourth-order valence-electron chi connectivity index (χ4n) is 1.48. The molecule has 0 aliphatic rings. The zero-order valence-corrected chi connectivity index (χ0v) is 13.7. The van der Waals surface area contributed by atoms with Gasteiger partial charge in [-0.05, 0) is 18.6 Å². The van der Waals surface area contributed by atoms with Gasteiger partial charge < -0.3 is 10.1 Å². The Morgan fingerprint density at radius 2 is 1.91 bits per heavy atom. The van der Waals surface area contributed by atoms with Gasteiger partial charge in [0.15, 0.2) is 5.82 Å². The number of hydrogen-bond donors (Lipinski definition) is 1. The highest BCUT2D eigenvalue weighted by atomic mass is 35.5. The van der Waals surface area contributed by atoms with Gasteiger partial charge in [-0.1, -0.05) is 41.7 Å². The Kier molecular flexibility index (Phi) is 5.76. The van der Waals surface area contributed by atoms with E-state index < -0.39 is 5.91 Å². The summed E-state index contributed by atoms with van der Waals surface area (Å²) < 4.78 is 5.29. The van der Waals surface area contributed by atoms with Crippen molar-refractivity contribution in [1.82, 2.24) is 15.0 Å². The summed E-state index contributed by atoms with van der Waals surface area (Å²) in [6.07, 6.45) is 2.16. The van der Waals surface area contributed by atoms with Gasteiger partial charge in [0.2, 0.25) is 0 Å². The van der Waals surface area contributed by atoms with E-state index in [1.807, 2.05) is 6.92 Å². The van der Waals surface area contributed by atoms with Gasteiger partial charge in [0, 0.05) is 5.56 Å². The lowest BCUT2D eigenvalue weighted by molar-refractivity contribution is 0.102. The molecule has 2 heterocycles. The molecule has 0 radical (unpaired) electrons. The average Bonchev–Trinajstić information content (AvgIpc) is 2.47. The Balaban J connectivity index is 2.20. The van der Waals surface area contributed by atoms with E-state index in [1.54, 1.807) is 0 Å². The molecule has 0 aromatic carbocycles. The first-order valence-electron chi connectivity index (χ1n) is 6.29. The summed E-state index contributed by atoms with van der Waals surface area (Å²) in [6, 6.07) is 2.89. The maximum Gasteiger partial charge on any atom is 0.318 e. The standard InChI is InChI=1S/C13H11Cl3N4O2/c1-2-3-22-13-17-6-8(14)11(20-13)19-12(21)7-4-9(15)18-10(16)5-7/h4-6H,2-3H2,1H3,(H,17,19,20,21). The molecular weight excluding hydrogens is 351 g/mol. The number of aromatic nitrogens is 3. The van der Waals surface area contributed by atoms with Gasteiger partial charge in [0.05, 0.1) is 12.8 Å². The van der Waals surface area contributed by atoms with Crippen LogP contribution in [0.4, 0.5) is 5.82 Å². The summed E-state index contributed by atoms with van der Waals surface area (Å²) >= 11 is 17.5. The second-order valence-electron chi connectivity index (χ2n) is 4.15. The van der Waals surface area contributed by atoms with Crippen molar-refractivity contribution in [2.24, 2.45) is 0 Å². The SMILES string of the molecule is CCCOc1ncc(Cl)c(NC(=O)c2cc(Cl)nc(Cl)c2)n1. The number of amides is 1. The Bertz CT molecular complexity index is 677. The van der Waals surface area contributed by atoms with E-state index in [-0.39, 0.29) is 32.7 Å². The number of pyridine rings is 1. The van der Waals surface area contributed by atoms with Crippen LogP contribution in [0.25, 0.3) is 0 Å². The van der Waals surface area contributed by atoms with Crippen LogP contribution in [0.1, 0.15) is 23.7 Å². The first kappa shape index (κ1) is 16.7. The van der Waals surface area contributed by atoms with Crippen molar-refractivity contribution in [3.8, 4) is 6.01 Å². The zero-order chi connectivity index (χ0) is 16.1. The number of hydrogen-bond acceptors (Lipinski definition) is 5. The van der Waals surface area contributed by atoms with Gasteiger partial charge in [0.25, 0.3) is 5.91 Å². The Morgan fingerprint density at radius 3 is 2.55 bits per heavy atom. The molecule has 0 saturated heterocycles. The number of halogens is 3. The molecule has 116 valence electrons. The minimum atomic E-state index is -0.478. The van der Waals surface area contributed by atoms with Crippen LogP contribution in [0.2, 0.25) is 15.3 Å². The van der Waals surface area contributed by atoms with Crippen molar-refractivity contribution in [2.75, 3.05) is 11.9 Å². The van der Waals surface area contributed by atoms with Gasteiger partial charge in [-0.15, -0.1) is 0 Å². The summed E-state index contributed by atoms with van der Waals surface area (Å²) in [5, 5.41) is 2.95. The molecule has 22 heavy (non-hydrogen) atoms. The van der Waals surface area contributed by atoms with Crippen molar-refractivity contribution < 1.29 is 9.53 Å². The molecule has 2 rings (SSSR count). The van der Waals surface area contributed by atoms with Crippen LogP contribution in [0.15, 0.2) is 18.3 Å². The van der Waals surface area contributed by atoms with Crippen LogP contribution in [-0.2, 0) is 0 Å².